The summed E-state index contributed by atoms with van der Waals surface area (Å²) in [6.45, 7) is 5.82. The SMILES string of the molecule is CCCN(CCC)S(=O)(=O)c1ccccc1CNC1CC1. The van der Waals surface area contributed by atoms with E-state index in [1.165, 1.54) is 12.8 Å². The topological polar surface area (TPSA) is 49.4 Å². The van der Waals surface area contributed by atoms with Gasteiger partial charge in [-0.1, -0.05) is 32.0 Å². The van der Waals surface area contributed by atoms with Gasteiger partial charge in [-0.3, -0.25) is 0 Å². The second-order valence-electron chi connectivity index (χ2n) is 5.67. The van der Waals surface area contributed by atoms with Crippen LogP contribution in [-0.2, 0) is 16.6 Å². The average molecular weight is 310 g/mol. The summed E-state index contributed by atoms with van der Waals surface area (Å²) in [5.41, 5.74) is 0.876. The van der Waals surface area contributed by atoms with Gasteiger partial charge in [-0.2, -0.15) is 4.31 Å². The van der Waals surface area contributed by atoms with Crippen molar-refractivity contribution in [2.24, 2.45) is 0 Å². The maximum absolute atomic E-state index is 12.9. The van der Waals surface area contributed by atoms with Crippen LogP contribution in [0.15, 0.2) is 29.2 Å². The minimum absolute atomic E-state index is 0.458. The minimum atomic E-state index is -3.39. The van der Waals surface area contributed by atoms with Crippen molar-refractivity contribution in [3.8, 4) is 0 Å². The Morgan fingerprint density at radius 3 is 2.33 bits per heavy atom. The van der Waals surface area contributed by atoms with E-state index in [-0.39, 0.29) is 0 Å². The van der Waals surface area contributed by atoms with Gasteiger partial charge in [0.05, 0.1) is 4.90 Å². The summed E-state index contributed by atoms with van der Waals surface area (Å²) >= 11 is 0. The predicted octanol–water partition coefficient (Wildman–Crippen LogP) is 2.75. The van der Waals surface area contributed by atoms with Crippen LogP contribution >= 0.6 is 0 Å². The summed E-state index contributed by atoms with van der Waals surface area (Å²) in [5, 5.41) is 3.41. The Bertz CT molecular complexity index is 547. The molecule has 0 aliphatic heterocycles. The van der Waals surface area contributed by atoms with Crippen molar-refractivity contribution in [3.05, 3.63) is 29.8 Å². The summed E-state index contributed by atoms with van der Waals surface area (Å²) in [6.07, 6.45) is 4.07. The van der Waals surface area contributed by atoms with Crippen molar-refractivity contribution in [2.45, 2.75) is 57.0 Å². The molecular weight excluding hydrogens is 284 g/mol. The van der Waals surface area contributed by atoms with Crippen molar-refractivity contribution < 1.29 is 8.42 Å². The fourth-order valence-corrected chi connectivity index (χ4v) is 4.28. The molecule has 0 spiro atoms. The quantitative estimate of drug-likeness (QED) is 0.763. The highest BCUT2D eigenvalue weighted by Gasteiger charge is 2.26. The van der Waals surface area contributed by atoms with Gasteiger partial charge in [0, 0.05) is 25.7 Å². The van der Waals surface area contributed by atoms with Crippen LogP contribution in [0, 0.1) is 0 Å². The summed E-state index contributed by atoms with van der Waals surface area (Å²) in [6, 6.07) is 7.94. The zero-order valence-corrected chi connectivity index (χ0v) is 13.8. The highest BCUT2D eigenvalue weighted by atomic mass is 32.2. The third kappa shape index (κ3) is 4.28. The van der Waals surface area contributed by atoms with E-state index in [1.54, 1.807) is 10.4 Å². The fraction of sp³-hybridized carbons (Fsp3) is 0.625. The van der Waals surface area contributed by atoms with Crippen molar-refractivity contribution >= 4 is 10.0 Å². The maximum atomic E-state index is 12.9. The number of nitrogens with zero attached hydrogens (tertiary/aromatic N) is 1. The van der Waals surface area contributed by atoms with Gasteiger partial charge < -0.3 is 5.32 Å². The normalized spacial score (nSPS) is 15.6. The van der Waals surface area contributed by atoms with Crippen molar-refractivity contribution in [2.75, 3.05) is 13.1 Å². The van der Waals surface area contributed by atoms with E-state index in [9.17, 15) is 8.42 Å². The average Bonchev–Trinajstić information content (AvgIpc) is 3.29. The van der Waals surface area contributed by atoms with E-state index in [2.05, 4.69) is 5.32 Å². The van der Waals surface area contributed by atoms with Gasteiger partial charge >= 0.3 is 0 Å². The van der Waals surface area contributed by atoms with Crippen LogP contribution in [-0.4, -0.2) is 31.9 Å². The molecule has 0 bridgehead atoms. The molecule has 0 atom stereocenters. The maximum Gasteiger partial charge on any atom is 0.243 e. The molecular formula is C16H26N2O2S. The largest absolute Gasteiger partial charge is 0.310 e. The highest BCUT2D eigenvalue weighted by Crippen LogP contribution is 2.23. The van der Waals surface area contributed by atoms with E-state index in [0.29, 0.717) is 30.6 Å². The van der Waals surface area contributed by atoms with Gasteiger partial charge in [-0.25, -0.2) is 8.42 Å². The van der Waals surface area contributed by atoms with Crippen molar-refractivity contribution in [1.29, 1.82) is 0 Å². The first kappa shape index (κ1) is 16.5. The molecule has 1 saturated carbocycles. The lowest BCUT2D eigenvalue weighted by Crippen LogP contribution is -2.33. The lowest BCUT2D eigenvalue weighted by molar-refractivity contribution is 0.409. The Balaban J connectivity index is 2.24. The summed E-state index contributed by atoms with van der Waals surface area (Å²) in [4.78, 5) is 0.458. The second kappa shape index (κ2) is 7.38. The van der Waals surface area contributed by atoms with E-state index < -0.39 is 10.0 Å². The van der Waals surface area contributed by atoms with Crippen LogP contribution < -0.4 is 5.32 Å². The zero-order chi connectivity index (χ0) is 15.3. The van der Waals surface area contributed by atoms with Crippen LogP contribution in [0.2, 0.25) is 0 Å². The van der Waals surface area contributed by atoms with Gasteiger partial charge in [0.25, 0.3) is 0 Å². The monoisotopic (exact) mass is 310 g/mol. The molecule has 1 aromatic carbocycles. The smallest absolute Gasteiger partial charge is 0.243 e. The molecule has 2 rings (SSSR count). The molecule has 1 aliphatic rings. The lowest BCUT2D eigenvalue weighted by Gasteiger charge is -2.22. The molecule has 1 N–H and O–H groups in total. The molecule has 21 heavy (non-hydrogen) atoms. The number of rotatable bonds is 9. The van der Waals surface area contributed by atoms with Crippen molar-refractivity contribution in [3.63, 3.8) is 0 Å². The molecule has 1 aliphatic carbocycles. The Labute approximate surface area is 128 Å². The second-order valence-corrected chi connectivity index (χ2v) is 7.57. The van der Waals surface area contributed by atoms with Crippen LogP contribution in [0.1, 0.15) is 45.1 Å². The molecule has 1 aromatic rings. The standard InChI is InChI=1S/C16H26N2O2S/c1-3-11-18(12-4-2)21(19,20)16-8-6-5-7-14(16)13-17-15-9-10-15/h5-8,15,17H,3-4,9-13H2,1-2H3. The fourth-order valence-electron chi connectivity index (χ4n) is 2.43. The van der Waals surface area contributed by atoms with Gasteiger partial charge in [0.15, 0.2) is 0 Å². The van der Waals surface area contributed by atoms with Crippen LogP contribution in [0.5, 0.6) is 0 Å². The number of benzene rings is 1. The van der Waals surface area contributed by atoms with E-state index in [1.807, 2.05) is 32.0 Å². The molecule has 0 unspecified atom stereocenters. The van der Waals surface area contributed by atoms with E-state index in [4.69, 9.17) is 0 Å². The Kier molecular flexibility index (Phi) is 5.79. The summed E-state index contributed by atoms with van der Waals surface area (Å²) in [7, 11) is -3.39. The number of hydrogen-bond donors (Lipinski definition) is 1. The molecule has 0 amide bonds. The third-order valence-electron chi connectivity index (χ3n) is 3.69. The Morgan fingerprint density at radius 1 is 1.14 bits per heavy atom. The summed E-state index contributed by atoms with van der Waals surface area (Å²) < 4.78 is 27.4. The first-order chi connectivity index (χ1) is 10.1. The minimum Gasteiger partial charge on any atom is -0.310 e. The van der Waals surface area contributed by atoms with Gasteiger partial charge in [-0.05, 0) is 37.3 Å². The molecule has 0 aromatic heterocycles. The molecule has 0 heterocycles. The lowest BCUT2D eigenvalue weighted by atomic mass is 10.2. The number of sulfonamides is 1. The van der Waals surface area contributed by atoms with Crippen LogP contribution in [0.25, 0.3) is 0 Å². The van der Waals surface area contributed by atoms with Crippen LogP contribution in [0.3, 0.4) is 0 Å². The molecule has 4 nitrogen and oxygen atoms in total. The zero-order valence-electron chi connectivity index (χ0n) is 13.0. The molecule has 118 valence electrons. The third-order valence-corrected chi connectivity index (χ3v) is 5.69. The molecule has 5 heteroatoms. The van der Waals surface area contributed by atoms with E-state index in [0.717, 1.165) is 18.4 Å². The first-order valence-electron chi connectivity index (χ1n) is 7.91. The van der Waals surface area contributed by atoms with E-state index >= 15 is 0 Å². The predicted molar refractivity (Wildman–Crippen MR) is 85.6 cm³/mol. The number of nitrogens with one attached hydrogen (secondary N) is 1. The summed E-state index contributed by atoms with van der Waals surface area (Å²) in [5.74, 6) is 0. The van der Waals surface area contributed by atoms with Crippen molar-refractivity contribution in [1.82, 2.24) is 9.62 Å². The van der Waals surface area contributed by atoms with Gasteiger partial charge in [-0.15, -0.1) is 0 Å². The van der Waals surface area contributed by atoms with Crippen LogP contribution in [0.4, 0.5) is 0 Å². The molecule has 0 radical (unpaired) electrons. The van der Waals surface area contributed by atoms with Gasteiger partial charge in [0.1, 0.15) is 0 Å². The molecule has 0 saturated heterocycles. The Hall–Kier alpha value is -0.910. The first-order valence-corrected chi connectivity index (χ1v) is 9.35. The highest BCUT2D eigenvalue weighted by molar-refractivity contribution is 7.89. The van der Waals surface area contributed by atoms with Gasteiger partial charge in [0.2, 0.25) is 10.0 Å². The Morgan fingerprint density at radius 2 is 1.76 bits per heavy atom. The molecule has 1 fully saturated rings. The number of hydrogen-bond acceptors (Lipinski definition) is 3.